The molecular weight excluding hydrogens is 742 g/mol. The Morgan fingerprint density at radius 3 is 2.31 bits per heavy atom. The zero-order valence-electron chi connectivity index (χ0n) is 27.8. The van der Waals surface area contributed by atoms with E-state index in [2.05, 4.69) is 21.2 Å². The molecule has 4 aliphatic rings. The van der Waals surface area contributed by atoms with Crippen molar-refractivity contribution in [3.8, 4) is 11.5 Å². The number of halogens is 1. The largest absolute Gasteiger partial charge is 0.507 e. The van der Waals surface area contributed by atoms with Crippen LogP contribution in [0.15, 0.2) is 22.3 Å². The number of aromatic hydroxyl groups is 2. The summed E-state index contributed by atoms with van der Waals surface area (Å²) < 4.78 is 21.5. The van der Waals surface area contributed by atoms with Gasteiger partial charge in [0.2, 0.25) is 17.3 Å². The Bertz CT molecular complexity index is 1970. The summed E-state index contributed by atoms with van der Waals surface area (Å²) in [4.78, 5) is 69.4. The van der Waals surface area contributed by atoms with Crippen molar-refractivity contribution in [3.05, 3.63) is 66.8 Å². The molecule has 1 heterocycles. The van der Waals surface area contributed by atoms with Crippen LogP contribution in [-0.4, -0.2) is 124 Å². The third-order valence-electron chi connectivity index (χ3n) is 10.4. The standard InChI is InChI=1S/C34H34BrNO15/c1-10-19(32(46)49-4)27(43)22-14(23(10)35)7-18(39)34(50-5)30(45)21-13(29(44)33(22,34)47)6-12-20(26(21)42)17(38)8-16(24(12)40)36-31-15(9-37)25(41)28(48-3)11(2)51-31/h6,8,11,15,18,25,28,31,36-37,39,41-43,47H,7,9H2,1-5H3/t11-,15+,18+,25-,28-,31-,33-,34+/m0/s1. The molecule has 0 amide bonds. The molecular formula is C34H34BrNO15. The zero-order chi connectivity index (χ0) is 37.6. The van der Waals surface area contributed by atoms with Crippen molar-refractivity contribution in [2.24, 2.45) is 5.92 Å². The highest BCUT2D eigenvalue weighted by atomic mass is 79.9. The van der Waals surface area contributed by atoms with Gasteiger partial charge in [0.1, 0.15) is 29.4 Å². The molecule has 7 N–H and O–H groups in total. The molecule has 6 rings (SSSR count). The fraction of sp³-hybridized carbons (Fsp3) is 0.441. The van der Waals surface area contributed by atoms with Crippen LogP contribution < -0.4 is 5.32 Å². The van der Waals surface area contributed by atoms with E-state index in [4.69, 9.17) is 18.9 Å². The molecule has 0 radical (unpaired) electrons. The fourth-order valence-electron chi connectivity index (χ4n) is 7.91. The van der Waals surface area contributed by atoms with Gasteiger partial charge in [-0.25, -0.2) is 4.79 Å². The van der Waals surface area contributed by atoms with Crippen LogP contribution in [0.1, 0.15) is 75.4 Å². The molecule has 272 valence electrons. The lowest BCUT2D eigenvalue weighted by atomic mass is 9.56. The number of nitrogens with one attached hydrogen (secondary N) is 1. The minimum atomic E-state index is -3.28. The third-order valence-corrected chi connectivity index (χ3v) is 11.5. The van der Waals surface area contributed by atoms with E-state index in [1.165, 1.54) is 14.0 Å². The number of aliphatic hydroxyl groups is 4. The highest BCUT2D eigenvalue weighted by molar-refractivity contribution is 9.10. The van der Waals surface area contributed by atoms with Crippen molar-refractivity contribution in [1.29, 1.82) is 0 Å². The van der Waals surface area contributed by atoms with Gasteiger partial charge in [-0.05, 0) is 31.0 Å². The number of rotatable bonds is 6. The molecule has 1 aliphatic heterocycles. The Morgan fingerprint density at radius 1 is 1.06 bits per heavy atom. The number of ether oxygens (including phenoxy) is 4. The summed E-state index contributed by atoms with van der Waals surface area (Å²) in [7, 11) is 3.28. The quantitative estimate of drug-likeness (QED) is 0.192. The van der Waals surface area contributed by atoms with Crippen LogP contribution in [0.3, 0.4) is 0 Å². The van der Waals surface area contributed by atoms with Crippen LogP contribution in [0.5, 0.6) is 11.5 Å². The van der Waals surface area contributed by atoms with Crippen LogP contribution in [0.4, 0.5) is 0 Å². The van der Waals surface area contributed by atoms with Crippen LogP contribution >= 0.6 is 15.9 Å². The van der Waals surface area contributed by atoms with Gasteiger partial charge in [0.25, 0.3) is 0 Å². The predicted octanol–water partition coefficient (Wildman–Crippen LogP) is 0.106. The van der Waals surface area contributed by atoms with E-state index < -0.39 is 140 Å². The van der Waals surface area contributed by atoms with E-state index in [-0.39, 0.29) is 15.6 Å². The van der Waals surface area contributed by atoms with E-state index in [1.807, 2.05) is 0 Å². The average molecular weight is 777 g/mol. The minimum absolute atomic E-state index is 0.0502. The van der Waals surface area contributed by atoms with Gasteiger partial charge in [0.05, 0.1) is 54.8 Å². The van der Waals surface area contributed by atoms with Gasteiger partial charge in [-0.1, -0.05) is 15.9 Å². The lowest BCUT2D eigenvalue weighted by Crippen LogP contribution is -2.73. The van der Waals surface area contributed by atoms with Gasteiger partial charge in [-0.3, -0.25) is 19.2 Å². The number of hydrogen-bond acceptors (Lipinski definition) is 16. The molecule has 1 fully saturated rings. The first-order valence-electron chi connectivity index (χ1n) is 15.6. The van der Waals surface area contributed by atoms with Crippen LogP contribution in [-0.2, 0) is 31.0 Å². The molecule has 3 aliphatic carbocycles. The van der Waals surface area contributed by atoms with E-state index >= 15 is 0 Å². The number of phenolic OH excluding ortho intramolecular Hbond substituents is 2. The van der Waals surface area contributed by atoms with Crippen molar-refractivity contribution in [3.63, 3.8) is 0 Å². The second-order valence-electron chi connectivity index (χ2n) is 12.8. The Hall–Kier alpha value is -4.07. The molecule has 2 aromatic carbocycles. The smallest absolute Gasteiger partial charge is 0.341 e. The van der Waals surface area contributed by atoms with Crippen molar-refractivity contribution in [1.82, 2.24) is 5.32 Å². The lowest BCUT2D eigenvalue weighted by Gasteiger charge is -2.53. The molecule has 0 spiro atoms. The lowest BCUT2D eigenvalue weighted by molar-refractivity contribution is -0.214. The molecule has 17 heteroatoms. The monoisotopic (exact) mass is 775 g/mol. The topological polar surface area (TPSA) is 256 Å². The Balaban J connectivity index is 1.53. The molecule has 51 heavy (non-hydrogen) atoms. The summed E-state index contributed by atoms with van der Waals surface area (Å²) in [5, 5.41) is 70.5. The van der Waals surface area contributed by atoms with Crippen LogP contribution in [0.25, 0.3) is 0 Å². The number of ketones is 4. The minimum Gasteiger partial charge on any atom is -0.507 e. The highest BCUT2D eigenvalue weighted by Gasteiger charge is 2.73. The van der Waals surface area contributed by atoms with Gasteiger partial charge in [-0.15, -0.1) is 0 Å². The van der Waals surface area contributed by atoms with Crippen molar-refractivity contribution in [2.45, 2.75) is 62.1 Å². The average Bonchev–Trinajstić information content (AvgIpc) is 3.08. The maximum atomic E-state index is 14.7. The van der Waals surface area contributed by atoms with Gasteiger partial charge in [0.15, 0.2) is 17.0 Å². The van der Waals surface area contributed by atoms with Crippen LogP contribution in [0.2, 0.25) is 0 Å². The number of esters is 1. The zero-order valence-corrected chi connectivity index (χ0v) is 29.4. The molecule has 1 saturated heterocycles. The van der Waals surface area contributed by atoms with E-state index in [1.54, 1.807) is 6.92 Å². The second-order valence-corrected chi connectivity index (χ2v) is 13.6. The van der Waals surface area contributed by atoms with Crippen molar-refractivity contribution >= 4 is 45.0 Å². The number of phenols is 2. The van der Waals surface area contributed by atoms with E-state index in [0.717, 1.165) is 26.4 Å². The first-order valence-corrected chi connectivity index (χ1v) is 16.4. The Morgan fingerprint density at radius 2 is 1.73 bits per heavy atom. The molecule has 0 aromatic heterocycles. The summed E-state index contributed by atoms with van der Waals surface area (Å²) in [5.74, 6) is -8.91. The van der Waals surface area contributed by atoms with Crippen LogP contribution in [0, 0.1) is 12.8 Å². The number of fused-ring (bicyclic) bond motifs is 5. The Labute approximate surface area is 297 Å². The van der Waals surface area contributed by atoms with Gasteiger partial charge < -0.3 is 54.9 Å². The summed E-state index contributed by atoms with van der Waals surface area (Å²) >= 11 is 3.31. The highest BCUT2D eigenvalue weighted by Crippen LogP contribution is 2.58. The van der Waals surface area contributed by atoms with Gasteiger partial charge >= 0.3 is 5.97 Å². The number of carbonyl (C=O) groups is 5. The summed E-state index contributed by atoms with van der Waals surface area (Å²) in [6.45, 7) is 2.40. The van der Waals surface area contributed by atoms with Gasteiger partial charge in [-0.2, -0.15) is 0 Å². The number of allylic oxidation sites excluding steroid dienone is 2. The summed E-state index contributed by atoms with van der Waals surface area (Å²) in [6, 6.07) is 0.822. The van der Waals surface area contributed by atoms with Gasteiger partial charge in [0, 0.05) is 47.9 Å². The molecule has 16 nitrogen and oxygen atoms in total. The second kappa shape index (κ2) is 12.6. The molecule has 0 unspecified atom stereocenters. The summed E-state index contributed by atoms with van der Waals surface area (Å²) in [6.07, 6.45) is -5.73. The number of methoxy groups -OCH3 is 3. The Kier molecular flexibility index (Phi) is 9.04. The normalized spacial score (nSPS) is 31.3. The number of benzene rings is 2. The number of Topliss-reactive ketones (excluding diaryl/α,β-unsaturated/α-hetero) is 3. The van der Waals surface area contributed by atoms with E-state index in [9.17, 15) is 54.6 Å². The SMILES string of the molecule is COC(=O)c1c(C)c(Br)c2c(c1O)[C@]1(O)C(=O)c3cc4c(c(O)c3C(=O)[C@]1(OC)[C@H](O)C2)C(=O)C=C(N[C@H]1O[C@@H](C)[C@H](OC)[C@@H](O)[C@H]1CO)C4=O. The third kappa shape index (κ3) is 4.66. The molecule has 0 bridgehead atoms. The maximum absolute atomic E-state index is 14.7. The number of hydrogen-bond donors (Lipinski definition) is 7. The number of aliphatic hydroxyl groups excluding tert-OH is 3. The van der Waals surface area contributed by atoms with Crippen molar-refractivity contribution in [2.75, 3.05) is 27.9 Å². The van der Waals surface area contributed by atoms with E-state index in [0.29, 0.717) is 0 Å². The summed E-state index contributed by atoms with van der Waals surface area (Å²) in [5.41, 5.74) is -10.5. The number of carbonyl (C=O) groups excluding carboxylic acids is 5. The first-order chi connectivity index (χ1) is 24.0. The first kappa shape index (κ1) is 36.7. The predicted molar refractivity (Wildman–Crippen MR) is 174 cm³/mol. The van der Waals surface area contributed by atoms with Crippen molar-refractivity contribution < 1.29 is 73.6 Å². The molecule has 0 saturated carbocycles. The molecule has 2 aromatic rings. The fourth-order valence-corrected chi connectivity index (χ4v) is 8.47. The maximum Gasteiger partial charge on any atom is 0.341 e. The molecule has 8 atom stereocenters.